The lowest BCUT2D eigenvalue weighted by Crippen LogP contribution is -2.54. The van der Waals surface area contributed by atoms with Gasteiger partial charge in [-0.3, -0.25) is 9.69 Å². The van der Waals surface area contributed by atoms with Crippen molar-refractivity contribution in [2.45, 2.75) is 57.7 Å². The average Bonchev–Trinajstić information content (AvgIpc) is 2.88. The van der Waals surface area contributed by atoms with Crippen LogP contribution in [0.25, 0.3) is 0 Å². The zero-order valence-corrected chi connectivity index (χ0v) is 22.7. The highest BCUT2D eigenvalue weighted by Gasteiger charge is 2.34. The molecule has 38 heavy (non-hydrogen) atoms. The van der Waals surface area contributed by atoms with E-state index >= 15 is 0 Å². The summed E-state index contributed by atoms with van der Waals surface area (Å²) < 4.78 is 16.5. The number of carbonyl (C=O) groups excluding carboxylic acids is 1. The molecule has 0 radical (unpaired) electrons. The first-order valence-electron chi connectivity index (χ1n) is 13.4. The van der Waals surface area contributed by atoms with E-state index in [0.717, 1.165) is 50.4 Å². The second-order valence-electron chi connectivity index (χ2n) is 10.6. The molecule has 2 aromatic rings. The van der Waals surface area contributed by atoms with E-state index in [2.05, 4.69) is 39.2 Å². The van der Waals surface area contributed by atoms with Crippen LogP contribution in [-0.2, 0) is 14.3 Å². The number of ether oxygens (including phenoxy) is 3. The van der Waals surface area contributed by atoms with Crippen molar-refractivity contribution >= 4 is 29.3 Å². The van der Waals surface area contributed by atoms with Gasteiger partial charge in [0.2, 0.25) is 0 Å². The predicted molar refractivity (Wildman–Crippen MR) is 146 cm³/mol. The number of likely N-dealkylation sites (tertiary alicyclic amines) is 1. The highest BCUT2D eigenvalue weighted by atomic mass is 16.5. The number of rotatable bonds is 8. The fourth-order valence-corrected chi connectivity index (χ4v) is 5.78. The van der Waals surface area contributed by atoms with Crippen molar-refractivity contribution in [2.24, 2.45) is 0 Å². The number of morpholine rings is 1. The molecule has 2 atom stereocenters. The summed E-state index contributed by atoms with van der Waals surface area (Å²) in [5.41, 5.74) is 4.12. The zero-order valence-electron chi connectivity index (χ0n) is 22.7. The normalized spacial score (nSPS) is 23.1. The minimum atomic E-state index is -0.424. The van der Waals surface area contributed by atoms with Crippen molar-refractivity contribution in [3.8, 4) is 6.01 Å². The Morgan fingerprint density at radius 1 is 1.13 bits per heavy atom. The van der Waals surface area contributed by atoms with Gasteiger partial charge in [-0.25, -0.2) is 0 Å². The van der Waals surface area contributed by atoms with E-state index in [-0.39, 0.29) is 17.8 Å². The Labute approximate surface area is 224 Å². The van der Waals surface area contributed by atoms with Gasteiger partial charge in [0, 0.05) is 23.5 Å². The Morgan fingerprint density at radius 2 is 1.87 bits per heavy atom. The largest absolute Gasteiger partial charge is 0.467 e. The quantitative estimate of drug-likeness (QED) is 0.504. The molecule has 0 saturated carbocycles. The number of hydrogen-bond acceptors (Lipinski definition) is 10. The molecule has 3 saturated heterocycles. The van der Waals surface area contributed by atoms with Gasteiger partial charge in [0.05, 0.1) is 45.6 Å². The maximum atomic E-state index is 12.4. The van der Waals surface area contributed by atoms with Crippen LogP contribution in [0.1, 0.15) is 49.3 Å². The van der Waals surface area contributed by atoms with Crippen molar-refractivity contribution in [3.05, 3.63) is 34.9 Å². The number of methoxy groups -OCH3 is 1. The Kier molecular flexibility index (Phi) is 7.92. The first kappa shape index (κ1) is 26.5. The smallest absolute Gasteiger partial charge is 0.320 e. The molecule has 0 aliphatic carbocycles. The Hall–Kier alpha value is -3.08. The number of benzene rings is 1. The number of nitrogens with zero attached hydrogens (tertiary/aromatic N) is 4. The number of carbonyl (C=O) groups is 1. The van der Waals surface area contributed by atoms with Crippen molar-refractivity contribution in [1.82, 2.24) is 14.9 Å². The molecule has 204 valence electrons. The van der Waals surface area contributed by atoms with Crippen LogP contribution in [0.15, 0.2) is 18.2 Å². The third kappa shape index (κ3) is 5.39. The molecule has 0 amide bonds. The molecule has 4 heterocycles. The summed E-state index contributed by atoms with van der Waals surface area (Å²) in [6.07, 6.45) is 3.58. The van der Waals surface area contributed by atoms with Crippen LogP contribution < -0.4 is 15.0 Å². The summed E-state index contributed by atoms with van der Waals surface area (Å²) in [5, 5.41) is 11.5. The molecule has 2 N–H and O–H groups in total. The van der Waals surface area contributed by atoms with Crippen molar-refractivity contribution in [1.29, 1.82) is 5.41 Å². The molecule has 2 unspecified atom stereocenters. The number of aromatic nitrogens is 2. The number of piperidine rings is 1. The van der Waals surface area contributed by atoms with Crippen LogP contribution >= 0.6 is 0 Å². The van der Waals surface area contributed by atoms with Gasteiger partial charge in [0.15, 0.2) is 5.78 Å². The molecule has 3 fully saturated rings. The fraction of sp³-hybridized carbons (Fsp3) is 0.571. The van der Waals surface area contributed by atoms with Gasteiger partial charge in [-0.15, -0.1) is 0 Å². The van der Waals surface area contributed by atoms with E-state index in [1.807, 2.05) is 17.9 Å². The molecular weight excluding hydrogens is 484 g/mol. The first-order chi connectivity index (χ1) is 18.4. The number of anilines is 3. The molecule has 10 heteroatoms. The molecule has 1 aromatic carbocycles. The summed E-state index contributed by atoms with van der Waals surface area (Å²) in [7, 11) is 1.53. The lowest BCUT2D eigenvalue weighted by Gasteiger charge is -2.41. The minimum absolute atomic E-state index is 0.0220. The topological polar surface area (TPSA) is 113 Å². The second-order valence-corrected chi connectivity index (χ2v) is 10.6. The summed E-state index contributed by atoms with van der Waals surface area (Å²) in [6.45, 7) is 10.4. The Morgan fingerprint density at radius 3 is 2.50 bits per heavy atom. The SMILES string of the molecule is COc1nc(Nc2cc(C3CCN(C4COC4)CC3)c(C)cc2C=N)cc(N2C(C)COCC2C(C)=O)n1. The van der Waals surface area contributed by atoms with Crippen LogP contribution in [0.5, 0.6) is 6.01 Å². The van der Waals surface area contributed by atoms with Gasteiger partial charge >= 0.3 is 6.01 Å². The van der Waals surface area contributed by atoms with Gasteiger partial charge in [-0.05, 0) is 75.9 Å². The minimum Gasteiger partial charge on any atom is -0.467 e. The van der Waals surface area contributed by atoms with Crippen LogP contribution in [0.4, 0.5) is 17.3 Å². The molecule has 0 spiro atoms. The summed E-state index contributed by atoms with van der Waals surface area (Å²) in [6, 6.07) is 6.41. The molecule has 3 aliphatic rings. The molecule has 0 bridgehead atoms. The summed E-state index contributed by atoms with van der Waals surface area (Å²) in [5.74, 6) is 1.64. The van der Waals surface area contributed by atoms with E-state index in [1.54, 1.807) is 6.92 Å². The molecular formula is C28H38N6O4. The summed E-state index contributed by atoms with van der Waals surface area (Å²) in [4.78, 5) is 26.0. The van der Waals surface area contributed by atoms with Gasteiger partial charge in [0.25, 0.3) is 0 Å². The van der Waals surface area contributed by atoms with Crippen molar-refractivity contribution < 1.29 is 19.0 Å². The number of Topliss-reactive ketones (excluding diaryl/α,β-unsaturated/α-hetero) is 1. The lowest BCUT2D eigenvalue weighted by atomic mass is 9.85. The highest BCUT2D eigenvalue weighted by molar-refractivity contribution is 5.88. The zero-order chi connectivity index (χ0) is 26.8. The monoisotopic (exact) mass is 522 g/mol. The average molecular weight is 523 g/mol. The van der Waals surface area contributed by atoms with E-state index in [0.29, 0.717) is 36.8 Å². The number of hydrogen-bond donors (Lipinski definition) is 2. The van der Waals surface area contributed by atoms with Gasteiger partial charge in [0.1, 0.15) is 17.7 Å². The second kappa shape index (κ2) is 11.3. The van der Waals surface area contributed by atoms with E-state index in [1.165, 1.54) is 24.5 Å². The molecule has 5 rings (SSSR count). The van der Waals surface area contributed by atoms with E-state index < -0.39 is 6.04 Å². The highest BCUT2D eigenvalue weighted by Crippen LogP contribution is 2.36. The van der Waals surface area contributed by atoms with Gasteiger partial charge < -0.3 is 29.8 Å². The van der Waals surface area contributed by atoms with Crippen LogP contribution in [0.2, 0.25) is 0 Å². The standard InChI is InChI=1S/C28H38N6O4/c1-17-9-21(12-29)24(10-23(17)20-5-7-33(8-6-20)22-14-38-15-22)30-26-11-27(32-28(31-26)36-4)34-18(2)13-37-16-25(34)19(3)35/h9-12,18,20,22,25,29H,5-8,13-16H2,1-4H3,(H,30,31,32). The van der Waals surface area contributed by atoms with Gasteiger partial charge in [-0.1, -0.05) is 0 Å². The first-order valence-corrected chi connectivity index (χ1v) is 13.4. The van der Waals surface area contributed by atoms with Crippen molar-refractivity contribution in [2.75, 3.05) is 56.8 Å². The van der Waals surface area contributed by atoms with Crippen molar-refractivity contribution in [3.63, 3.8) is 0 Å². The number of ketones is 1. The maximum absolute atomic E-state index is 12.4. The lowest BCUT2D eigenvalue weighted by molar-refractivity contribution is -0.121. The van der Waals surface area contributed by atoms with Crippen LogP contribution in [0, 0.1) is 12.3 Å². The van der Waals surface area contributed by atoms with Gasteiger partial charge in [-0.2, -0.15) is 9.97 Å². The third-order valence-corrected chi connectivity index (χ3v) is 8.02. The third-order valence-electron chi connectivity index (χ3n) is 8.02. The molecule has 3 aliphatic heterocycles. The van der Waals surface area contributed by atoms with Crippen LogP contribution in [0.3, 0.4) is 0 Å². The number of nitrogens with one attached hydrogen (secondary N) is 2. The maximum Gasteiger partial charge on any atom is 0.320 e. The van der Waals surface area contributed by atoms with E-state index in [9.17, 15) is 4.79 Å². The Bertz CT molecular complexity index is 1180. The molecule has 1 aromatic heterocycles. The molecule has 10 nitrogen and oxygen atoms in total. The summed E-state index contributed by atoms with van der Waals surface area (Å²) >= 11 is 0. The fourth-order valence-electron chi connectivity index (χ4n) is 5.78. The van der Waals surface area contributed by atoms with Crippen LogP contribution in [-0.4, -0.2) is 91.6 Å². The van der Waals surface area contributed by atoms with E-state index in [4.69, 9.17) is 19.6 Å². The Balaban J connectivity index is 1.43. The predicted octanol–water partition coefficient (Wildman–Crippen LogP) is 3.30. The number of aryl methyl sites for hydroxylation is 1.